The van der Waals surface area contributed by atoms with E-state index < -0.39 is 10.0 Å². The maximum Gasteiger partial charge on any atom is 0.244 e. The lowest BCUT2D eigenvalue weighted by molar-refractivity contribution is 0.268. The first-order valence-electron chi connectivity index (χ1n) is 6.00. The molecule has 1 aliphatic heterocycles. The number of sulfonamides is 1. The van der Waals surface area contributed by atoms with Gasteiger partial charge in [0.25, 0.3) is 0 Å². The Hall–Kier alpha value is -0.000000000000000111. The van der Waals surface area contributed by atoms with Gasteiger partial charge in [-0.2, -0.15) is 4.31 Å². The van der Waals surface area contributed by atoms with Crippen molar-refractivity contribution in [2.45, 2.75) is 37.1 Å². The van der Waals surface area contributed by atoms with Gasteiger partial charge < -0.3 is 0 Å². The van der Waals surface area contributed by atoms with E-state index in [1.807, 2.05) is 6.92 Å². The summed E-state index contributed by atoms with van der Waals surface area (Å²) in [5, 5.41) is 0.541. The van der Waals surface area contributed by atoms with Crippen LogP contribution in [0.4, 0.5) is 0 Å². The molecule has 1 aliphatic rings. The summed E-state index contributed by atoms with van der Waals surface area (Å²) in [6, 6.07) is 2.67. The lowest BCUT2D eigenvalue weighted by atomic mass is 10.1. The van der Waals surface area contributed by atoms with Crippen LogP contribution in [-0.4, -0.2) is 25.3 Å². The summed E-state index contributed by atoms with van der Waals surface area (Å²) in [6.07, 6.45) is 2.77. The van der Waals surface area contributed by atoms with Crippen LogP contribution in [0.15, 0.2) is 17.0 Å². The van der Waals surface area contributed by atoms with Crippen LogP contribution in [-0.2, 0) is 10.0 Å². The summed E-state index contributed by atoms with van der Waals surface area (Å²) in [5.41, 5.74) is 0. The molecule has 1 fully saturated rings. The average Bonchev–Trinajstić information content (AvgIpc) is 2.34. The van der Waals surface area contributed by atoms with Crippen LogP contribution in [0.2, 0.25) is 15.1 Å². The molecular formula is C12H14Cl3NO2S. The van der Waals surface area contributed by atoms with Gasteiger partial charge in [-0.15, -0.1) is 0 Å². The summed E-state index contributed by atoms with van der Waals surface area (Å²) in [6.45, 7) is 2.42. The van der Waals surface area contributed by atoms with Gasteiger partial charge in [-0.3, -0.25) is 0 Å². The Morgan fingerprint density at radius 1 is 1.11 bits per heavy atom. The number of hydrogen-bond donors (Lipinski definition) is 0. The minimum Gasteiger partial charge on any atom is -0.207 e. The summed E-state index contributed by atoms with van der Waals surface area (Å²) in [4.78, 5) is 0.0253. The van der Waals surface area contributed by atoms with Gasteiger partial charge in [-0.05, 0) is 31.9 Å². The van der Waals surface area contributed by atoms with Crippen LogP contribution in [0.1, 0.15) is 26.2 Å². The number of piperidine rings is 1. The van der Waals surface area contributed by atoms with Gasteiger partial charge in [-0.25, -0.2) is 8.42 Å². The van der Waals surface area contributed by atoms with Gasteiger partial charge in [0.2, 0.25) is 10.0 Å². The highest BCUT2D eigenvalue weighted by Crippen LogP contribution is 2.34. The fourth-order valence-electron chi connectivity index (χ4n) is 2.26. The molecule has 7 heteroatoms. The highest BCUT2D eigenvalue weighted by Gasteiger charge is 2.32. The molecule has 0 aliphatic carbocycles. The summed E-state index contributed by atoms with van der Waals surface area (Å²) in [7, 11) is -3.62. The molecule has 1 saturated heterocycles. The molecular weight excluding hydrogens is 329 g/mol. The molecule has 19 heavy (non-hydrogen) atoms. The minimum atomic E-state index is -3.62. The van der Waals surface area contributed by atoms with E-state index in [9.17, 15) is 8.42 Å². The maximum absolute atomic E-state index is 12.6. The van der Waals surface area contributed by atoms with Gasteiger partial charge in [0, 0.05) is 12.6 Å². The van der Waals surface area contributed by atoms with E-state index in [1.165, 1.54) is 16.4 Å². The van der Waals surface area contributed by atoms with E-state index in [0.29, 0.717) is 6.54 Å². The van der Waals surface area contributed by atoms with Gasteiger partial charge >= 0.3 is 0 Å². The third kappa shape index (κ3) is 3.03. The van der Waals surface area contributed by atoms with E-state index in [-0.39, 0.29) is 26.0 Å². The molecule has 106 valence electrons. The van der Waals surface area contributed by atoms with Gasteiger partial charge in [-0.1, -0.05) is 41.2 Å². The smallest absolute Gasteiger partial charge is 0.207 e. The van der Waals surface area contributed by atoms with Crippen LogP contribution >= 0.6 is 34.8 Å². The topological polar surface area (TPSA) is 37.4 Å². The molecule has 1 atom stereocenters. The zero-order valence-corrected chi connectivity index (χ0v) is 13.5. The zero-order valence-electron chi connectivity index (χ0n) is 10.4. The Morgan fingerprint density at radius 3 is 2.37 bits per heavy atom. The van der Waals surface area contributed by atoms with Gasteiger partial charge in [0.1, 0.15) is 4.90 Å². The van der Waals surface area contributed by atoms with Crippen molar-refractivity contribution in [3.05, 3.63) is 27.2 Å². The lowest BCUT2D eigenvalue weighted by Gasteiger charge is -2.32. The second kappa shape index (κ2) is 5.78. The first-order chi connectivity index (χ1) is 8.84. The van der Waals surface area contributed by atoms with Crippen molar-refractivity contribution in [3.63, 3.8) is 0 Å². The minimum absolute atomic E-state index is 0.0238. The Kier molecular flexibility index (Phi) is 4.68. The molecule has 0 radical (unpaired) electrons. The first kappa shape index (κ1) is 15.4. The second-order valence-corrected chi connectivity index (χ2v) is 7.74. The van der Waals surface area contributed by atoms with Crippen LogP contribution in [0.25, 0.3) is 0 Å². The standard InChI is InChI=1S/C12H14Cl3NO2S/c1-8-4-2-3-5-16(8)19(17,18)12-7-10(14)9(13)6-11(12)15/h6-8H,2-5H2,1H3. The Bertz CT molecular complexity index is 589. The zero-order chi connectivity index (χ0) is 14.2. The lowest BCUT2D eigenvalue weighted by Crippen LogP contribution is -2.42. The van der Waals surface area contributed by atoms with Crippen molar-refractivity contribution >= 4 is 44.8 Å². The van der Waals surface area contributed by atoms with E-state index in [2.05, 4.69) is 0 Å². The molecule has 1 aromatic carbocycles. The molecule has 0 spiro atoms. The molecule has 1 aromatic rings. The van der Waals surface area contributed by atoms with E-state index in [4.69, 9.17) is 34.8 Å². The van der Waals surface area contributed by atoms with Crippen molar-refractivity contribution in [1.29, 1.82) is 0 Å². The van der Waals surface area contributed by atoms with Gasteiger partial charge in [0.05, 0.1) is 15.1 Å². The number of benzene rings is 1. The molecule has 0 aromatic heterocycles. The predicted molar refractivity (Wildman–Crippen MR) is 78.7 cm³/mol. The van der Waals surface area contributed by atoms with E-state index in [1.54, 1.807) is 0 Å². The van der Waals surface area contributed by atoms with Crippen LogP contribution in [0.3, 0.4) is 0 Å². The molecule has 0 amide bonds. The monoisotopic (exact) mass is 341 g/mol. The highest BCUT2D eigenvalue weighted by molar-refractivity contribution is 7.89. The molecule has 3 nitrogen and oxygen atoms in total. The summed E-state index contributed by atoms with van der Waals surface area (Å²) < 4.78 is 26.7. The number of halogens is 3. The van der Waals surface area contributed by atoms with Crippen molar-refractivity contribution in [1.82, 2.24) is 4.31 Å². The second-order valence-electron chi connectivity index (χ2n) is 4.66. The van der Waals surface area contributed by atoms with E-state index in [0.717, 1.165) is 19.3 Å². The SMILES string of the molecule is CC1CCCCN1S(=O)(=O)c1cc(Cl)c(Cl)cc1Cl. The van der Waals surface area contributed by atoms with Crippen LogP contribution in [0, 0.1) is 0 Å². The Balaban J connectivity index is 2.47. The quantitative estimate of drug-likeness (QED) is 0.755. The third-order valence-corrected chi connectivity index (χ3v) is 6.50. The fraction of sp³-hybridized carbons (Fsp3) is 0.500. The van der Waals surface area contributed by atoms with Crippen molar-refractivity contribution in [2.75, 3.05) is 6.54 Å². The molecule has 2 rings (SSSR count). The molecule has 1 heterocycles. The Labute approximate surface area is 128 Å². The Morgan fingerprint density at radius 2 is 1.74 bits per heavy atom. The average molecular weight is 343 g/mol. The number of rotatable bonds is 2. The molecule has 0 saturated carbocycles. The molecule has 1 unspecified atom stereocenters. The summed E-state index contributed by atoms with van der Waals surface area (Å²) in [5.74, 6) is 0. The number of nitrogens with zero attached hydrogens (tertiary/aromatic N) is 1. The summed E-state index contributed by atoms with van der Waals surface area (Å²) >= 11 is 17.7. The van der Waals surface area contributed by atoms with Crippen molar-refractivity contribution in [3.8, 4) is 0 Å². The van der Waals surface area contributed by atoms with Gasteiger partial charge in [0.15, 0.2) is 0 Å². The normalized spacial score (nSPS) is 21.6. The highest BCUT2D eigenvalue weighted by atomic mass is 35.5. The van der Waals surface area contributed by atoms with E-state index >= 15 is 0 Å². The van der Waals surface area contributed by atoms with Crippen molar-refractivity contribution < 1.29 is 8.42 Å². The first-order valence-corrected chi connectivity index (χ1v) is 8.58. The predicted octanol–water partition coefficient (Wildman–Crippen LogP) is 4.21. The maximum atomic E-state index is 12.6. The van der Waals surface area contributed by atoms with Crippen LogP contribution < -0.4 is 0 Å². The fourth-order valence-corrected chi connectivity index (χ4v) is 4.93. The third-order valence-electron chi connectivity index (χ3n) is 3.30. The molecule has 0 N–H and O–H groups in total. The van der Waals surface area contributed by atoms with Crippen LogP contribution in [0.5, 0.6) is 0 Å². The number of hydrogen-bond acceptors (Lipinski definition) is 2. The molecule has 0 bridgehead atoms. The van der Waals surface area contributed by atoms with Crippen molar-refractivity contribution in [2.24, 2.45) is 0 Å². The largest absolute Gasteiger partial charge is 0.244 e.